The molecule has 1 aromatic heterocycles. The van der Waals surface area contributed by atoms with Crippen LogP contribution in [0, 0.1) is 0 Å². The van der Waals surface area contributed by atoms with Gasteiger partial charge in [-0.3, -0.25) is 9.48 Å². The lowest BCUT2D eigenvalue weighted by Crippen LogP contribution is -2.26. The molecule has 0 unspecified atom stereocenters. The Morgan fingerprint density at radius 3 is 2.80 bits per heavy atom. The number of carbonyl (C=O) groups is 1. The van der Waals surface area contributed by atoms with Crippen molar-refractivity contribution in [3.05, 3.63) is 53.3 Å². The Bertz CT molecular complexity index is 650. The molecule has 2 N–H and O–H groups in total. The highest BCUT2D eigenvalue weighted by Crippen LogP contribution is 2.10. The summed E-state index contributed by atoms with van der Waals surface area (Å²) < 4.78 is 1.61. The standard InChI is InChI=1S/C14H16N4OS/c1-17(14(19)12-7-16-18(2)9-12)8-10-4-3-5-11(6-10)13(15)20/h3-7,9H,8H2,1-2H3,(H2,15,20). The Balaban J connectivity index is 2.11. The summed E-state index contributed by atoms with van der Waals surface area (Å²) >= 11 is 4.95. The van der Waals surface area contributed by atoms with Gasteiger partial charge in [0.2, 0.25) is 0 Å². The van der Waals surface area contributed by atoms with Gasteiger partial charge in [0.25, 0.3) is 5.91 Å². The number of nitrogens with two attached hydrogens (primary N) is 1. The second-order valence-corrected chi connectivity index (χ2v) is 5.07. The summed E-state index contributed by atoms with van der Waals surface area (Å²) in [4.78, 5) is 14.2. The molecule has 2 rings (SSSR count). The van der Waals surface area contributed by atoms with Gasteiger partial charge in [-0.2, -0.15) is 5.10 Å². The smallest absolute Gasteiger partial charge is 0.257 e. The van der Waals surface area contributed by atoms with Crippen LogP contribution in [0.1, 0.15) is 21.5 Å². The second kappa shape index (κ2) is 5.83. The summed E-state index contributed by atoms with van der Waals surface area (Å²) in [6.07, 6.45) is 3.26. The monoisotopic (exact) mass is 288 g/mol. The average Bonchev–Trinajstić information content (AvgIpc) is 2.84. The number of benzene rings is 1. The van der Waals surface area contributed by atoms with Crippen molar-refractivity contribution in [3.63, 3.8) is 0 Å². The summed E-state index contributed by atoms with van der Waals surface area (Å²) in [7, 11) is 3.53. The van der Waals surface area contributed by atoms with Crippen LogP contribution in [0.2, 0.25) is 0 Å². The summed E-state index contributed by atoms with van der Waals surface area (Å²) in [6, 6.07) is 7.57. The first-order chi connectivity index (χ1) is 9.47. The van der Waals surface area contributed by atoms with E-state index in [1.165, 1.54) is 0 Å². The van der Waals surface area contributed by atoms with Gasteiger partial charge in [-0.15, -0.1) is 0 Å². The van der Waals surface area contributed by atoms with Crippen molar-refractivity contribution in [1.82, 2.24) is 14.7 Å². The third-order valence-electron chi connectivity index (χ3n) is 2.93. The van der Waals surface area contributed by atoms with Gasteiger partial charge in [0.15, 0.2) is 0 Å². The van der Waals surface area contributed by atoms with Crippen LogP contribution in [-0.2, 0) is 13.6 Å². The first-order valence-corrected chi connectivity index (χ1v) is 6.51. The third-order valence-corrected chi connectivity index (χ3v) is 3.17. The van der Waals surface area contributed by atoms with Crippen LogP contribution >= 0.6 is 12.2 Å². The molecule has 1 amide bonds. The Morgan fingerprint density at radius 2 is 2.20 bits per heavy atom. The number of aromatic nitrogens is 2. The average molecular weight is 288 g/mol. The predicted octanol–water partition coefficient (Wildman–Crippen LogP) is 1.33. The van der Waals surface area contributed by atoms with Gasteiger partial charge in [0.1, 0.15) is 4.99 Å². The summed E-state index contributed by atoms with van der Waals surface area (Å²) in [6.45, 7) is 0.490. The van der Waals surface area contributed by atoms with Crippen LogP contribution in [0.15, 0.2) is 36.7 Å². The highest BCUT2D eigenvalue weighted by atomic mass is 32.1. The lowest BCUT2D eigenvalue weighted by Gasteiger charge is -2.16. The number of aryl methyl sites for hydroxylation is 1. The summed E-state index contributed by atoms with van der Waals surface area (Å²) in [5.74, 6) is -0.0705. The fourth-order valence-corrected chi connectivity index (χ4v) is 2.05. The molecule has 1 heterocycles. The fourth-order valence-electron chi connectivity index (χ4n) is 1.92. The van der Waals surface area contributed by atoms with E-state index in [1.54, 1.807) is 36.1 Å². The number of rotatable bonds is 4. The maximum absolute atomic E-state index is 12.2. The number of hydrogen-bond acceptors (Lipinski definition) is 3. The molecule has 2 aromatic rings. The largest absolute Gasteiger partial charge is 0.389 e. The Hall–Kier alpha value is -2.21. The minimum Gasteiger partial charge on any atom is -0.389 e. The molecule has 0 radical (unpaired) electrons. The molecule has 1 aromatic carbocycles. The number of nitrogens with zero attached hydrogens (tertiary/aromatic N) is 3. The molecule has 0 saturated carbocycles. The van der Waals surface area contributed by atoms with Crippen molar-refractivity contribution in [2.24, 2.45) is 12.8 Å². The van der Waals surface area contributed by atoms with Gasteiger partial charge < -0.3 is 10.6 Å². The van der Waals surface area contributed by atoms with Crippen LogP contribution < -0.4 is 5.73 Å². The molecule has 0 bridgehead atoms. The number of amides is 1. The van der Waals surface area contributed by atoms with E-state index in [-0.39, 0.29) is 5.91 Å². The molecule has 0 fully saturated rings. The molecular formula is C14H16N4OS. The lowest BCUT2D eigenvalue weighted by atomic mass is 10.1. The minimum atomic E-state index is -0.0705. The predicted molar refractivity (Wildman–Crippen MR) is 81.3 cm³/mol. The molecule has 104 valence electrons. The molecular weight excluding hydrogens is 272 g/mol. The van der Waals surface area contributed by atoms with Crippen molar-refractivity contribution < 1.29 is 4.79 Å². The van der Waals surface area contributed by atoms with E-state index in [2.05, 4.69) is 5.10 Å². The normalized spacial score (nSPS) is 10.3. The van der Waals surface area contributed by atoms with Crippen molar-refractivity contribution in [1.29, 1.82) is 0 Å². The van der Waals surface area contributed by atoms with Crippen molar-refractivity contribution in [2.45, 2.75) is 6.54 Å². The molecule has 6 heteroatoms. The molecule has 5 nitrogen and oxygen atoms in total. The zero-order valence-corrected chi connectivity index (χ0v) is 12.2. The van der Waals surface area contributed by atoms with Crippen molar-refractivity contribution in [3.8, 4) is 0 Å². The maximum Gasteiger partial charge on any atom is 0.257 e. The molecule has 0 aliphatic heterocycles. The van der Waals surface area contributed by atoms with Crippen LogP contribution in [0.4, 0.5) is 0 Å². The zero-order valence-electron chi connectivity index (χ0n) is 11.4. The highest BCUT2D eigenvalue weighted by Gasteiger charge is 2.13. The third kappa shape index (κ3) is 3.21. The molecule has 20 heavy (non-hydrogen) atoms. The van der Waals surface area contributed by atoms with Crippen LogP contribution in [0.5, 0.6) is 0 Å². The van der Waals surface area contributed by atoms with Crippen LogP contribution in [0.3, 0.4) is 0 Å². The molecule has 0 spiro atoms. The summed E-state index contributed by atoms with van der Waals surface area (Å²) in [5.41, 5.74) is 7.96. The van der Waals surface area contributed by atoms with Crippen molar-refractivity contribution >= 4 is 23.1 Å². The fraction of sp³-hybridized carbons (Fsp3) is 0.214. The van der Waals surface area contributed by atoms with E-state index in [0.29, 0.717) is 17.1 Å². The van der Waals surface area contributed by atoms with Gasteiger partial charge in [0.05, 0.1) is 11.8 Å². The molecule has 0 atom stereocenters. The maximum atomic E-state index is 12.2. The Labute approximate surface area is 123 Å². The quantitative estimate of drug-likeness (QED) is 0.862. The van der Waals surface area contributed by atoms with Gasteiger partial charge >= 0.3 is 0 Å². The first-order valence-electron chi connectivity index (χ1n) is 6.10. The van der Waals surface area contributed by atoms with Crippen LogP contribution in [-0.4, -0.2) is 32.6 Å². The Kier molecular flexibility index (Phi) is 4.14. The molecule has 0 saturated heterocycles. The molecule has 0 aliphatic carbocycles. The topological polar surface area (TPSA) is 64.2 Å². The number of thiocarbonyl (C=S) groups is 1. The van der Waals surface area contributed by atoms with E-state index < -0.39 is 0 Å². The zero-order chi connectivity index (χ0) is 14.7. The van der Waals surface area contributed by atoms with E-state index >= 15 is 0 Å². The minimum absolute atomic E-state index is 0.0705. The van der Waals surface area contributed by atoms with Gasteiger partial charge in [-0.05, 0) is 11.6 Å². The van der Waals surface area contributed by atoms with Crippen LogP contribution in [0.25, 0.3) is 0 Å². The van der Waals surface area contributed by atoms with Gasteiger partial charge in [-0.25, -0.2) is 0 Å². The SMILES string of the molecule is CN(Cc1cccc(C(N)=S)c1)C(=O)c1cnn(C)c1. The van der Waals surface area contributed by atoms with E-state index in [9.17, 15) is 4.79 Å². The van der Waals surface area contributed by atoms with E-state index in [0.717, 1.165) is 11.1 Å². The second-order valence-electron chi connectivity index (χ2n) is 4.63. The van der Waals surface area contributed by atoms with Gasteiger partial charge in [-0.1, -0.05) is 30.4 Å². The number of carbonyl (C=O) groups excluding carboxylic acids is 1. The number of hydrogen-bond donors (Lipinski definition) is 1. The van der Waals surface area contributed by atoms with Crippen molar-refractivity contribution in [2.75, 3.05) is 7.05 Å². The first kappa shape index (κ1) is 14.2. The van der Waals surface area contributed by atoms with E-state index in [4.69, 9.17) is 18.0 Å². The Morgan fingerprint density at radius 1 is 1.45 bits per heavy atom. The van der Waals surface area contributed by atoms with E-state index in [1.807, 2.05) is 24.3 Å². The van der Waals surface area contributed by atoms with Gasteiger partial charge in [0, 0.05) is 32.4 Å². The lowest BCUT2D eigenvalue weighted by molar-refractivity contribution is 0.0785. The molecule has 0 aliphatic rings. The highest BCUT2D eigenvalue weighted by molar-refractivity contribution is 7.80. The summed E-state index contributed by atoms with van der Waals surface area (Å²) in [5, 5.41) is 4.00.